The SMILES string of the molecule is CSC(=C(C#N)C#N)C1=C(C(C#N)C#N)CC(C)(C)CC1C. The minimum atomic E-state index is -0.835. The summed E-state index contributed by atoms with van der Waals surface area (Å²) in [5, 5.41) is 37.0. The van der Waals surface area contributed by atoms with Gasteiger partial charge in [-0.05, 0) is 41.6 Å². The first-order valence-corrected chi connectivity index (χ1v) is 8.18. The molecule has 1 unspecified atom stereocenters. The summed E-state index contributed by atoms with van der Waals surface area (Å²) < 4.78 is 0. The van der Waals surface area contributed by atoms with Crippen LogP contribution < -0.4 is 0 Å². The quantitative estimate of drug-likeness (QED) is 0.732. The van der Waals surface area contributed by atoms with E-state index in [2.05, 4.69) is 13.8 Å². The minimum absolute atomic E-state index is 0.00678. The number of rotatable bonds is 3. The molecule has 1 aliphatic carbocycles. The van der Waals surface area contributed by atoms with Crippen molar-refractivity contribution in [2.75, 3.05) is 6.26 Å². The van der Waals surface area contributed by atoms with Crippen molar-refractivity contribution in [1.82, 2.24) is 0 Å². The third-order valence-electron chi connectivity index (χ3n) is 3.87. The Morgan fingerprint density at radius 2 is 1.73 bits per heavy atom. The third-order valence-corrected chi connectivity index (χ3v) is 4.70. The van der Waals surface area contributed by atoms with Gasteiger partial charge in [-0.2, -0.15) is 21.0 Å². The van der Waals surface area contributed by atoms with E-state index in [0.29, 0.717) is 11.3 Å². The molecule has 0 aromatic rings. The molecule has 0 spiro atoms. The van der Waals surface area contributed by atoms with Crippen LogP contribution in [0.3, 0.4) is 0 Å². The number of hydrogen-bond donors (Lipinski definition) is 0. The van der Waals surface area contributed by atoms with E-state index in [4.69, 9.17) is 0 Å². The number of hydrogen-bond acceptors (Lipinski definition) is 5. The van der Waals surface area contributed by atoms with Crippen LogP contribution in [0.15, 0.2) is 21.6 Å². The molecule has 0 fully saturated rings. The van der Waals surface area contributed by atoms with E-state index in [-0.39, 0.29) is 16.9 Å². The lowest BCUT2D eigenvalue weighted by Gasteiger charge is -2.38. The molecule has 22 heavy (non-hydrogen) atoms. The second-order valence-electron chi connectivity index (χ2n) is 6.21. The number of allylic oxidation sites excluding steroid dienone is 3. The molecule has 112 valence electrons. The van der Waals surface area contributed by atoms with Crippen molar-refractivity contribution in [2.45, 2.75) is 33.6 Å². The highest BCUT2D eigenvalue weighted by molar-refractivity contribution is 8.02. The molecule has 0 aliphatic heterocycles. The standard InChI is InChI=1S/C17H18N4S/c1-11-5-17(2,3)6-14(12(7-18)8-19)15(11)16(22-4)13(9-20)10-21/h11-12H,5-6H2,1-4H3. The van der Waals surface area contributed by atoms with Gasteiger partial charge in [-0.15, -0.1) is 11.8 Å². The van der Waals surface area contributed by atoms with Crippen molar-refractivity contribution >= 4 is 11.8 Å². The van der Waals surface area contributed by atoms with Crippen molar-refractivity contribution < 1.29 is 0 Å². The Bertz CT molecular complexity index is 656. The summed E-state index contributed by atoms with van der Waals surface area (Å²) in [6.07, 6.45) is 3.34. The fraction of sp³-hybridized carbons (Fsp3) is 0.529. The van der Waals surface area contributed by atoms with Gasteiger partial charge >= 0.3 is 0 Å². The lowest BCUT2D eigenvalue weighted by Crippen LogP contribution is -2.27. The van der Waals surface area contributed by atoms with Crippen molar-refractivity contribution in [2.24, 2.45) is 17.3 Å². The summed E-state index contributed by atoms with van der Waals surface area (Å²) in [6.45, 7) is 6.26. The normalized spacial score (nSPS) is 19.6. The number of nitriles is 4. The van der Waals surface area contributed by atoms with Crippen LogP contribution in [0.1, 0.15) is 33.6 Å². The second kappa shape index (κ2) is 7.17. The molecule has 0 heterocycles. The fourth-order valence-electron chi connectivity index (χ4n) is 3.22. The van der Waals surface area contributed by atoms with E-state index in [9.17, 15) is 21.0 Å². The first-order chi connectivity index (χ1) is 10.3. The van der Waals surface area contributed by atoms with Crippen molar-refractivity contribution in [1.29, 1.82) is 21.0 Å². The van der Waals surface area contributed by atoms with Crippen molar-refractivity contribution in [3.8, 4) is 24.3 Å². The van der Waals surface area contributed by atoms with Crippen LogP contribution in [0.25, 0.3) is 0 Å². The zero-order valence-corrected chi connectivity index (χ0v) is 14.1. The maximum absolute atomic E-state index is 9.30. The summed E-state index contributed by atoms with van der Waals surface area (Å²) in [5.41, 5.74) is 1.66. The Morgan fingerprint density at radius 1 is 1.18 bits per heavy atom. The lowest BCUT2D eigenvalue weighted by atomic mass is 9.67. The minimum Gasteiger partial charge on any atom is -0.197 e. The van der Waals surface area contributed by atoms with Gasteiger partial charge < -0.3 is 0 Å². The van der Waals surface area contributed by atoms with Crippen molar-refractivity contribution in [3.05, 3.63) is 21.6 Å². The molecular formula is C17H18N4S. The van der Waals surface area contributed by atoms with E-state index in [1.165, 1.54) is 11.8 Å². The molecule has 1 aliphatic rings. The van der Waals surface area contributed by atoms with Gasteiger partial charge in [-0.25, -0.2) is 0 Å². The summed E-state index contributed by atoms with van der Waals surface area (Å²) >= 11 is 1.34. The second-order valence-corrected chi connectivity index (χ2v) is 7.02. The summed E-state index contributed by atoms with van der Waals surface area (Å²) in [4.78, 5) is 0.610. The van der Waals surface area contributed by atoms with E-state index in [1.54, 1.807) is 0 Å². The molecule has 5 heteroatoms. The molecule has 0 radical (unpaired) electrons. The Hall–Kier alpha value is -2.21. The third kappa shape index (κ3) is 3.51. The number of nitrogens with zero attached hydrogens (tertiary/aromatic N) is 4. The van der Waals surface area contributed by atoms with Crippen molar-refractivity contribution in [3.63, 3.8) is 0 Å². The van der Waals surface area contributed by atoms with Gasteiger partial charge in [0.15, 0.2) is 5.92 Å². The van der Waals surface area contributed by atoms with Crippen LogP contribution in [0.4, 0.5) is 0 Å². The molecule has 4 nitrogen and oxygen atoms in total. The Labute approximate surface area is 136 Å². The highest BCUT2D eigenvalue weighted by Gasteiger charge is 2.36. The zero-order chi connectivity index (χ0) is 16.9. The summed E-state index contributed by atoms with van der Waals surface area (Å²) in [5.74, 6) is -0.736. The van der Waals surface area contributed by atoms with Gasteiger partial charge in [-0.1, -0.05) is 20.8 Å². The van der Waals surface area contributed by atoms with Crippen LogP contribution in [0, 0.1) is 62.6 Å². The van der Waals surface area contributed by atoms with Crippen LogP contribution in [-0.4, -0.2) is 6.26 Å². The summed E-state index contributed by atoms with van der Waals surface area (Å²) in [7, 11) is 0. The fourth-order valence-corrected chi connectivity index (χ4v) is 4.06. The molecule has 0 N–H and O–H groups in total. The molecular weight excluding hydrogens is 292 g/mol. The van der Waals surface area contributed by atoms with E-state index >= 15 is 0 Å². The molecule has 0 saturated carbocycles. The first-order valence-electron chi connectivity index (χ1n) is 6.96. The van der Waals surface area contributed by atoms with E-state index < -0.39 is 5.92 Å². The van der Waals surface area contributed by atoms with Gasteiger partial charge in [0.2, 0.25) is 0 Å². The molecule has 1 rings (SSSR count). The molecule has 0 aromatic carbocycles. The van der Waals surface area contributed by atoms with Gasteiger partial charge in [-0.3, -0.25) is 0 Å². The molecule has 1 atom stereocenters. The predicted octanol–water partition coefficient (Wildman–Crippen LogP) is 4.07. The average Bonchev–Trinajstić information content (AvgIpc) is 2.46. The highest BCUT2D eigenvalue weighted by atomic mass is 32.2. The molecule has 0 bridgehead atoms. The van der Waals surface area contributed by atoms with Crippen LogP contribution in [0.5, 0.6) is 0 Å². The largest absolute Gasteiger partial charge is 0.197 e. The molecule has 0 saturated heterocycles. The van der Waals surface area contributed by atoms with Crippen LogP contribution in [0.2, 0.25) is 0 Å². The van der Waals surface area contributed by atoms with Gasteiger partial charge in [0.25, 0.3) is 0 Å². The first kappa shape index (κ1) is 17.8. The summed E-state index contributed by atoms with van der Waals surface area (Å²) in [6, 6.07) is 7.96. The smallest absolute Gasteiger partial charge is 0.154 e. The highest BCUT2D eigenvalue weighted by Crippen LogP contribution is 2.48. The Kier molecular flexibility index (Phi) is 5.82. The maximum atomic E-state index is 9.30. The predicted molar refractivity (Wildman–Crippen MR) is 85.7 cm³/mol. The number of thioether (sulfide) groups is 1. The molecule has 0 amide bonds. The topological polar surface area (TPSA) is 95.2 Å². The van der Waals surface area contributed by atoms with Gasteiger partial charge in [0, 0.05) is 4.91 Å². The van der Waals surface area contributed by atoms with E-state index in [1.807, 2.05) is 37.5 Å². The van der Waals surface area contributed by atoms with Gasteiger partial charge in [0.1, 0.15) is 17.7 Å². The molecule has 0 aromatic heterocycles. The average molecular weight is 310 g/mol. The van der Waals surface area contributed by atoms with Crippen LogP contribution in [-0.2, 0) is 0 Å². The van der Waals surface area contributed by atoms with Crippen LogP contribution >= 0.6 is 11.8 Å². The maximum Gasteiger partial charge on any atom is 0.154 e. The Morgan fingerprint density at radius 3 is 2.14 bits per heavy atom. The zero-order valence-electron chi connectivity index (χ0n) is 13.3. The van der Waals surface area contributed by atoms with Gasteiger partial charge in [0.05, 0.1) is 12.1 Å². The van der Waals surface area contributed by atoms with E-state index in [0.717, 1.165) is 17.6 Å². The monoisotopic (exact) mass is 310 g/mol. The lowest BCUT2D eigenvalue weighted by molar-refractivity contribution is 0.267. The Balaban J connectivity index is 3.71.